The Morgan fingerprint density at radius 3 is 2.35 bits per heavy atom. The molecule has 17 heavy (non-hydrogen) atoms. The quantitative estimate of drug-likeness (QED) is 0.744. The first-order valence-corrected chi connectivity index (χ1v) is 6.27. The Morgan fingerprint density at radius 2 is 2.00 bits per heavy atom. The Kier molecular flexibility index (Phi) is 4.78. The molecule has 0 heterocycles. The SMILES string of the molecule is CCCN(C(=O)NC(C(=O)O)C1CC1)C(C)C. The maximum absolute atomic E-state index is 12.0. The van der Waals surface area contributed by atoms with Crippen LogP contribution in [0.5, 0.6) is 0 Å². The summed E-state index contributed by atoms with van der Waals surface area (Å²) >= 11 is 0. The third-order valence-electron chi connectivity index (χ3n) is 2.99. The predicted octanol–water partition coefficient (Wildman–Crippen LogP) is 1.68. The van der Waals surface area contributed by atoms with Crippen molar-refractivity contribution in [1.82, 2.24) is 10.2 Å². The smallest absolute Gasteiger partial charge is 0.326 e. The number of carboxylic acid groups (broad SMARTS) is 1. The topological polar surface area (TPSA) is 69.6 Å². The van der Waals surface area contributed by atoms with Gasteiger partial charge in [0.2, 0.25) is 0 Å². The van der Waals surface area contributed by atoms with Gasteiger partial charge in [-0.05, 0) is 39.0 Å². The first kappa shape index (κ1) is 13.8. The van der Waals surface area contributed by atoms with Gasteiger partial charge in [-0.1, -0.05) is 6.92 Å². The Bertz CT molecular complexity index is 287. The van der Waals surface area contributed by atoms with Crippen molar-refractivity contribution in [3.05, 3.63) is 0 Å². The second kappa shape index (κ2) is 5.89. The highest BCUT2D eigenvalue weighted by Crippen LogP contribution is 2.32. The molecule has 1 unspecified atom stereocenters. The van der Waals surface area contributed by atoms with Gasteiger partial charge < -0.3 is 15.3 Å². The number of nitrogens with one attached hydrogen (secondary N) is 1. The van der Waals surface area contributed by atoms with Crippen molar-refractivity contribution in [2.75, 3.05) is 6.54 Å². The van der Waals surface area contributed by atoms with Crippen molar-refractivity contribution in [2.24, 2.45) is 5.92 Å². The zero-order chi connectivity index (χ0) is 13.0. The molecular formula is C12H22N2O3. The number of rotatable bonds is 6. The Morgan fingerprint density at radius 1 is 1.41 bits per heavy atom. The van der Waals surface area contributed by atoms with E-state index in [1.165, 1.54) is 0 Å². The van der Waals surface area contributed by atoms with E-state index in [0.717, 1.165) is 19.3 Å². The van der Waals surface area contributed by atoms with Crippen molar-refractivity contribution in [3.8, 4) is 0 Å². The summed E-state index contributed by atoms with van der Waals surface area (Å²) in [7, 11) is 0. The van der Waals surface area contributed by atoms with Gasteiger partial charge in [-0.2, -0.15) is 0 Å². The minimum Gasteiger partial charge on any atom is -0.480 e. The highest BCUT2D eigenvalue weighted by atomic mass is 16.4. The summed E-state index contributed by atoms with van der Waals surface area (Å²) in [6, 6.07) is -0.898. The average Bonchev–Trinajstić information content (AvgIpc) is 3.04. The van der Waals surface area contributed by atoms with Crippen LogP contribution in [0.15, 0.2) is 0 Å². The summed E-state index contributed by atoms with van der Waals surface area (Å²) in [5.74, 6) is -0.812. The lowest BCUT2D eigenvalue weighted by Gasteiger charge is -2.28. The third kappa shape index (κ3) is 3.91. The molecule has 1 aliphatic carbocycles. The molecular weight excluding hydrogens is 220 g/mol. The van der Waals surface area contributed by atoms with Gasteiger partial charge in [0.15, 0.2) is 0 Å². The molecule has 0 aromatic heterocycles. The number of amides is 2. The van der Waals surface area contributed by atoms with Gasteiger partial charge in [0.05, 0.1) is 0 Å². The standard InChI is InChI=1S/C12H22N2O3/c1-4-7-14(8(2)3)12(17)13-10(11(15)16)9-5-6-9/h8-10H,4-7H2,1-3H3,(H,13,17)(H,15,16). The van der Waals surface area contributed by atoms with Gasteiger partial charge in [-0.15, -0.1) is 0 Å². The lowest BCUT2D eigenvalue weighted by atomic mass is 10.2. The van der Waals surface area contributed by atoms with E-state index >= 15 is 0 Å². The minimum atomic E-state index is -0.930. The fraction of sp³-hybridized carbons (Fsp3) is 0.833. The van der Waals surface area contributed by atoms with Gasteiger partial charge in [-0.25, -0.2) is 9.59 Å². The van der Waals surface area contributed by atoms with E-state index in [1.807, 2.05) is 20.8 Å². The molecule has 0 aromatic rings. The van der Waals surface area contributed by atoms with Crippen LogP contribution in [0.2, 0.25) is 0 Å². The first-order chi connectivity index (χ1) is 7.97. The van der Waals surface area contributed by atoms with Crippen LogP contribution in [0, 0.1) is 5.92 Å². The molecule has 0 spiro atoms. The van der Waals surface area contributed by atoms with Crippen molar-refractivity contribution in [2.45, 2.75) is 52.1 Å². The van der Waals surface area contributed by atoms with Crippen LogP contribution < -0.4 is 5.32 Å². The van der Waals surface area contributed by atoms with Gasteiger partial charge in [0.25, 0.3) is 0 Å². The van der Waals surface area contributed by atoms with Gasteiger partial charge >= 0.3 is 12.0 Å². The monoisotopic (exact) mass is 242 g/mol. The van der Waals surface area contributed by atoms with Crippen molar-refractivity contribution < 1.29 is 14.7 Å². The summed E-state index contributed by atoms with van der Waals surface area (Å²) in [5, 5.41) is 11.7. The largest absolute Gasteiger partial charge is 0.480 e. The molecule has 1 aliphatic rings. The molecule has 0 saturated heterocycles. The van der Waals surface area contributed by atoms with Gasteiger partial charge in [-0.3, -0.25) is 0 Å². The highest BCUT2D eigenvalue weighted by Gasteiger charge is 2.38. The molecule has 5 nitrogen and oxygen atoms in total. The second-order valence-electron chi connectivity index (χ2n) is 4.89. The molecule has 0 aromatic carbocycles. The number of aliphatic carboxylic acids is 1. The van der Waals surface area contributed by atoms with E-state index in [4.69, 9.17) is 5.11 Å². The van der Waals surface area contributed by atoms with E-state index in [1.54, 1.807) is 4.90 Å². The van der Waals surface area contributed by atoms with E-state index in [2.05, 4.69) is 5.32 Å². The Balaban J connectivity index is 2.57. The first-order valence-electron chi connectivity index (χ1n) is 6.27. The highest BCUT2D eigenvalue weighted by molar-refractivity contribution is 5.83. The molecule has 98 valence electrons. The third-order valence-corrected chi connectivity index (χ3v) is 2.99. The van der Waals surface area contributed by atoms with E-state index < -0.39 is 12.0 Å². The summed E-state index contributed by atoms with van der Waals surface area (Å²) in [6.07, 6.45) is 2.66. The number of hydrogen-bond acceptors (Lipinski definition) is 2. The molecule has 1 rings (SSSR count). The minimum absolute atomic E-state index is 0.0867. The van der Waals surface area contributed by atoms with Crippen LogP contribution in [-0.2, 0) is 4.79 Å². The molecule has 1 saturated carbocycles. The Hall–Kier alpha value is -1.26. The Labute approximate surface area is 102 Å². The van der Waals surface area contributed by atoms with Crippen LogP contribution in [0.25, 0.3) is 0 Å². The summed E-state index contributed by atoms with van der Waals surface area (Å²) in [6.45, 7) is 6.52. The number of urea groups is 1. The summed E-state index contributed by atoms with van der Waals surface area (Å²) in [4.78, 5) is 24.7. The lowest BCUT2D eigenvalue weighted by molar-refractivity contribution is -0.139. The molecule has 0 bridgehead atoms. The van der Waals surface area contributed by atoms with Crippen LogP contribution in [-0.4, -0.2) is 40.6 Å². The predicted molar refractivity (Wildman–Crippen MR) is 64.8 cm³/mol. The number of carboxylic acids is 1. The maximum atomic E-state index is 12.0. The average molecular weight is 242 g/mol. The van der Waals surface area contributed by atoms with E-state index in [9.17, 15) is 9.59 Å². The second-order valence-corrected chi connectivity index (χ2v) is 4.89. The van der Waals surface area contributed by atoms with Gasteiger partial charge in [0.1, 0.15) is 6.04 Å². The normalized spacial score (nSPS) is 16.7. The molecule has 1 fully saturated rings. The van der Waals surface area contributed by atoms with Crippen LogP contribution in [0.4, 0.5) is 4.79 Å². The number of carbonyl (C=O) groups is 2. The van der Waals surface area contributed by atoms with E-state index in [-0.39, 0.29) is 18.0 Å². The van der Waals surface area contributed by atoms with Crippen LogP contribution in [0.3, 0.4) is 0 Å². The van der Waals surface area contributed by atoms with E-state index in [0.29, 0.717) is 6.54 Å². The summed E-state index contributed by atoms with van der Waals surface area (Å²) in [5.41, 5.74) is 0. The molecule has 2 N–H and O–H groups in total. The number of nitrogens with zero attached hydrogens (tertiary/aromatic N) is 1. The lowest BCUT2D eigenvalue weighted by Crippen LogP contribution is -2.51. The fourth-order valence-electron chi connectivity index (χ4n) is 1.86. The molecule has 0 aliphatic heterocycles. The fourth-order valence-corrected chi connectivity index (χ4v) is 1.86. The van der Waals surface area contributed by atoms with Crippen LogP contribution >= 0.6 is 0 Å². The van der Waals surface area contributed by atoms with Crippen molar-refractivity contribution >= 4 is 12.0 Å². The van der Waals surface area contributed by atoms with Crippen molar-refractivity contribution in [3.63, 3.8) is 0 Å². The molecule has 5 heteroatoms. The molecule has 1 atom stereocenters. The molecule has 0 radical (unpaired) electrons. The van der Waals surface area contributed by atoms with Crippen LogP contribution in [0.1, 0.15) is 40.0 Å². The maximum Gasteiger partial charge on any atom is 0.326 e. The molecule has 2 amide bonds. The van der Waals surface area contributed by atoms with Gasteiger partial charge in [0, 0.05) is 12.6 Å². The zero-order valence-corrected chi connectivity index (χ0v) is 10.8. The summed E-state index contributed by atoms with van der Waals surface area (Å²) < 4.78 is 0. The zero-order valence-electron chi connectivity index (χ0n) is 10.8. The number of carbonyl (C=O) groups excluding carboxylic acids is 1. The number of hydrogen-bond donors (Lipinski definition) is 2. The van der Waals surface area contributed by atoms with Crippen molar-refractivity contribution in [1.29, 1.82) is 0 Å².